The Morgan fingerprint density at radius 2 is 1.87 bits per heavy atom. The molecule has 0 N–H and O–H groups in total. The highest BCUT2D eigenvalue weighted by molar-refractivity contribution is 5.92. The highest BCUT2D eigenvalue weighted by Crippen LogP contribution is 2.22. The number of hydrogen-bond acceptors (Lipinski definition) is 5. The van der Waals surface area contributed by atoms with Crippen LogP contribution < -0.4 is 0 Å². The maximum atomic E-state index is 13.9. The molecule has 0 fully saturated rings. The Kier molecular flexibility index (Phi) is 4.58. The fraction of sp³-hybridized carbons (Fsp3) is 0.375. The van der Waals surface area contributed by atoms with Gasteiger partial charge in [0.15, 0.2) is 11.4 Å². The van der Waals surface area contributed by atoms with Gasteiger partial charge in [-0.25, -0.2) is 9.48 Å². The number of aromatic nitrogens is 3. The fourth-order valence-corrected chi connectivity index (χ4v) is 1.95. The Morgan fingerprint density at radius 1 is 1.26 bits per heavy atom. The minimum absolute atomic E-state index is 0.346. The number of nitrogens with zero attached hydrogens (tertiary/aromatic N) is 3. The zero-order chi connectivity index (χ0) is 17.2. The second-order valence-electron chi connectivity index (χ2n) is 5.72. The zero-order valence-electron chi connectivity index (χ0n) is 13.4. The van der Waals surface area contributed by atoms with Crippen LogP contribution in [-0.4, -0.2) is 32.3 Å². The molecule has 0 aliphatic carbocycles. The van der Waals surface area contributed by atoms with Crippen LogP contribution in [0.5, 0.6) is 0 Å². The Bertz CT molecular complexity index is 725. The molecule has 6 nitrogen and oxygen atoms in total. The molecule has 122 valence electrons. The van der Waals surface area contributed by atoms with Gasteiger partial charge in [-0.1, -0.05) is 40.6 Å². The van der Waals surface area contributed by atoms with Gasteiger partial charge < -0.3 is 4.74 Å². The predicted molar refractivity (Wildman–Crippen MR) is 80.4 cm³/mol. The number of rotatable bonds is 5. The zero-order valence-corrected chi connectivity index (χ0v) is 13.4. The summed E-state index contributed by atoms with van der Waals surface area (Å²) in [6.45, 7) is 5.95. The van der Waals surface area contributed by atoms with Gasteiger partial charge in [-0.2, -0.15) is 4.39 Å². The highest BCUT2D eigenvalue weighted by atomic mass is 19.1. The summed E-state index contributed by atoms with van der Waals surface area (Å²) in [5, 5.41) is 7.01. The molecule has 0 amide bonds. The van der Waals surface area contributed by atoms with Crippen LogP contribution in [0.25, 0.3) is 0 Å². The van der Waals surface area contributed by atoms with Crippen molar-refractivity contribution in [1.29, 1.82) is 0 Å². The van der Waals surface area contributed by atoms with E-state index in [9.17, 15) is 14.0 Å². The monoisotopic (exact) mass is 319 g/mol. The number of Topliss-reactive ketones (excluding diaryl/α,β-unsaturated/α-hetero) is 1. The van der Waals surface area contributed by atoms with E-state index in [0.717, 1.165) is 10.2 Å². The molecular formula is C16H18FN3O3. The molecule has 0 radical (unpaired) electrons. The SMILES string of the molecule is CC(=O)C(C)(C)OC(=O)c1c(F)nnn1[C@H](C)c1ccccc1. The van der Waals surface area contributed by atoms with Gasteiger partial charge in [-0.3, -0.25) is 4.79 Å². The summed E-state index contributed by atoms with van der Waals surface area (Å²) in [5.41, 5.74) is -0.929. The number of hydrogen-bond donors (Lipinski definition) is 0. The van der Waals surface area contributed by atoms with Crippen molar-refractivity contribution in [3.63, 3.8) is 0 Å². The van der Waals surface area contributed by atoms with Crippen molar-refractivity contribution in [3.05, 3.63) is 47.5 Å². The van der Waals surface area contributed by atoms with Crippen molar-refractivity contribution >= 4 is 11.8 Å². The van der Waals surface area contributed by atoms with Crippen LogP contribution in [-0.2, 0) is 9.53 Å². The smallest absolute Gasteiger partial charge is 0.362 e. The summed E-state index contributed by atoms with van der Waals surface area (Å²) >= 11 is 0. The molecule has 0 aliphatic rings. The predicted octanol–water partition coefficient (Wildman–Crippen LogP) is 2.55. The summed E-state index contributed by atoms with van der Waals surface area (Å²) in [6, 6.07) is 8.75. The van der Waals surface area contributed by atoms with Gasteiger partial charge in [0.2, 0.25) is 5.69 Å². The molecule has 1 aromatic heterocycles. The molecule has 7 heteroatoms. The largest absolute Gasteiger partial charge is 0.447 e. The summed E-state index contributed by atoms with van der Waals surface area (Å²) in [5.74, 6) is -2.35. The fourth-order valence-electron chi connectivity index (χ4n) is 1.95. The van der Waals surface area contributed by atoms with Gasteiger partial charge in [-0.15, -0.1) is 0 Å². The van der Waals surface area contributed by atoms with E-state index in [2.05, 4.69) is 10.3 Å². The molecule has 23 heavy (non-hydrogen) atoms. The van der Waals surface area contributed by atoms with Crippen LogP contribution in [0.3, 0.4) is 0 Å². The molecule has 1 atom stereocenters. The van der Waals surface area contributed by atoms with E-state index in [1.165, 1.54) is 20.8 Å². The van der Waals surface area contributed by atoms with E-state index in [0.29, 0.717) is 0 Å². The number of carbonyl (C=O) groups is 2. The first-order chi connectivity index (χ1) is 10.7. The van der Waals surface area contributed by atoms with Crippen molar-refractivity contribution in [2.75, 3.05) is 0 Å². The quantitative estimate of drug-likeness (QED) is 0.792. The molecular weight excluding hydrogens is 301 g/mol. The number of esters is 1. The number of ether oxygens (including phenoxy) is 1. The number of ketones is 1. The average molecular weight is 319 g/mol. The first kappa shape index (κ1) is 16.8. The van der Waals surface area contributed by atoms with E-state index in [-0.39, 0.29) is 5.78 Å². The van der Waals surface area contributed by atoms with E-state index in [1.54, 1.807) is 6.92 Å². The van der Waals surface area contributed by atoms with Crippen molar-refractivity contribution in [2.45, 2.75) is 39.3 Å². The Labute approximate surface area is 133 Å². The second kappa shape index (κ2) is 6.28. The molecule has 0 spiro atoms. The summed E-state index contributed by atoms with van der Waals surface area (Å²) in [6.07, 6.45) is 0. The first-order valence-electron chi connectivity index (χ1n) is 7.14. The second-order valence-corrected chi connectivity index (χ2v) is 5.72. The number of benzene rings is 1. The highest BCUT2D eigenvalue weighted by Gasteiger charge is 2.33. The Balaban J connectivity index is 2.36. The number of halogens is 1. The van der Waals surface area contributed by atoms with Crippen LogP contribution >= 0.6 is 0 Å². The van der Waals surface area contributed by atoms with E-state index >= 15 is 0 Å². The Hall–Kier alpha value is -2.57. The topological polar surface area (TPSA) is 74.1 Å². The van der Waals surface area contributed by atoms with Gasteiger partial charge in [0.1, 0.15) is 0 Å². The minimum atomic E-state index is -1.35. The van der Waals surface area contributed by atoms with Crippen LogP contribution in [0.15, 0.2) is 30.3 Å². The van der Waals surface area contributed by atoms with Crippen LogP contribution in [0, 0.1) is 5.95 Å². The van der Waals surface area contributed by atoms with E-state index in [4.69, 9.17) is 4.74 Å². The molecule has 0 saturated heterocycles. The van der Waals surface area contributed by atoms with E-state index in [1.807, 2.05) is 30.3 Å². The van der Waals surface area contributed by atoms with Gasteiger partial charge in [0, 0.05) is 0 Å². The lowest BCUT2D eigenvalue weighted by molar-refractivity contribution is -0.132. The van der Waals surface area contributed by atoms with Crippen molar-refractivity contribution in [2.24, 2.45) is 0 Å². The third-order valence-electron chi connectivity index (χ3n) is 3.69. The molecule has 1 aromatic carbocycles. The molecule has 0 saturated carbocycles. The molecule has 0 aliphatic heterocycles. The lowest BCUT2D eigenvalue weighted by atomic mass is 10.1. The van der Waals surface area contributed by atoms with Crippen LogP contribution in [0.2, 0.25) is 0 Å². The average Bonchev–Trinajstić information content (AvgIpc) is 2.88. The summed E-state index contributed by atoms with van der Waals surface area (Å²) < 4.78 is 20.2. The molecule has 1 heterocycles. The standard InChI is InChI=1S/C16H18FN3O3/c1-10(12-8-6-5-7-9-12)20-13(14(17)18-19-20)15(22)23-16(3,4)11(2)21/h5-10H,1-4H3/t10-/m1/s1. The molecule has 2 rings (SSSR count). The first-order valence-corrected chi connectivity index (χ1v) is 7.14. The van der Waals surface area contributed by atoms with Crippen molar-refractivity contribution in [1.82, 2.24) is 15.0 Å². The molecule has 2 aromatic rings. The lowest BCUT2D eigenvalue weighted by Gasteiger charge is -2.22. The van der Waals surface area contributed by atoms with Crippen molar-refractivity contribution < 1.29 is 18.7 Å². The van der Waals surface area contributed by atoms with Crippen LogP contribution in [0.4, 0.5) is 4.39 Å². The van der Waals surface area contributed by atoms with E-state index < -0.39 is 29.3 Å². The molecule has 0 bridgehead atoms. The minimum Gasteiger partial charge on any atom is -0.447 e. The summed E-state index contributed by atoms with van der Waals surface area (Å²) in [7, 11) is 0. The van der Waals surface area contributed by atoms with Crippen molar-refractivity contribution in [3.8, 4) is 0 Å². The molecule has 0 unspecified atom stereocenters. The van der Waals surface area contributed by atoms with Crippen LogP contribution in [0.1, 0.15) is 49.8 Å². The lowest BCUT2D eigenvalue weighted by Crippen LogP contribution is -2.36. The van der Waals surface area contributed by atoms with Gasteiger partial charge in [-0.05, 0) is 33.3 Å². The maximum Gasteiger partial charge on any atom is 0.362 e. The van der Waals surface area contributed by atoms with Gasteiger partial charge >= 0.3 is 5.97 Å². The van der Waals surface area contributed by atoms with Gasteiger partial charge in [0.25, 0.3) is 5.95 Å². The number of carbonyl (C=O) groups excluding carboxylic acids is 2. The normalized spacial score (nSPS) is 12.7. The summed E-state index contributed by atoms with van der Waals surface area (Å²) in [4.78, 5) is 23.8. The third kappa shape index (κ3) is 3.44. The maximum absolute atomic E-state index is 13.9. The van der Waals surface area contributed by atoms with Gasteiger partial charge in [0.05, 0.1) is 6.04 Å². The Morgan fingerprint density at radius 3 is 2.43 bits per heavy atom. The third-order valence-corrected chi connectivity index (χ3v) is 3.69.